The minimum absolute atomic E-state index is 0.366. The molecule has 27 heavy (non-hydrogen) atoms. The Morgan fingerprint density at radius 2 is 1.37 bits per heavy atom. The van der Waals surface area contributed by atoms with E-state index in [-0.39, 0.29) is 0 Å². The van der Waals surface area contributed by atoms with Gasteiger partial charge in [0, 0.05) is 20.8 Å². The van der Waals surface area contributed by atoms with Gasteiger partial charge >= 0.3 is 0 Å². The summed E-state index contributed by atoms with van der Waals surface area (Å²) in [5, 5.41) is 0.366. The first-order valence-electron chi connectivity index (χ1n) is 8.82. The zero-order valence-corrected chi connectivity index (χ0v) is 17.5. The van der Waals surface area contributed by atoms with E-state index < -0.39 is 0 Å². The van der Waals surface area contributed by atoms with Crippen molar-refractivity contribution < 1.29 is 9.47 Å². The van der Waals surface area contributed by atoms with E-state index in [2.05, 4.69) is 55.5 Å². The summed E-state index contributed by atoms with van der Waals surface area (Å²) in [6.07, 6.45) is 0. The molecule has 0 amide bonds. The summed E-state index contributed by atoms with van der Waals surface area (Å²) in [5.41, 5.74) is 2.65. The third-order valence-electron chi connectivity index (χ3n) is 4.21. The molecule has 0 aromatic heterocycles. The monoisotopic (exact) mass is 396 g/mol. The van der Waals surface area contributed by atoms with Gasteiger partial charge in [0.25, 0.3) is 0 Å². The lowest BCUT2D eigenvalue weighted by molar-refractivity contribution is 0.414. The molecule has 0 heterocycles. The number of ether oxygens (including phenoxy) is 2. The molecular formula is C23H24O2S2. The van der Waals surface area contributed by atoms with Crippen LogP contribution in [-0.2, 0) is 0 Å². The van der Waals surface area contributed by atoms with Crippen molar-refractivity contribution in [2.75, 3.05) is 20.0 Å². The summed E-state index contributed by atoms with van der Waals surface area (Å²) < 4.78 is 10.5. The molecule has 0 aliphatic carbocycles. The molecule has 0 aliphatic rings. The minimum Gasteiger partial charge on any atom is -0.497 e. The van der Waals surface area contributed by atoms with Crippen molar-refractivity contribution in [3.8, 4) is 11.5 Å². The predicted molar refractivity (Wildman–Crippen MR) is 116 cm³/mol. The SMILES string of the molecule is COc1ccc(SCC(Sc2ccc(OC)cc2)c2cccc(C)c2)cc1. The van der Waals surface area contributed by atoms with Crippen LogP contribution in [0, 0.1) is 6.92 Å². The Bertz CT molecular complexity index is 845. The quantitative estimate of drug-likeness (QED) is 0.397. The molecule has 140 valence electrons. The molecule has 1 unspecified atom stereocenters. The largest absolute Gasteiger partial charge is 0.497 e. The van der Waals surface area contributed by atoms with Crippen molar-refractivity contribution >= 4 is 23.5 Å². The standard InChI is InChI=1S/C23H24O2S2/c1-17-5-4-6-18(15-17)23(27-22-13-9-20(25-3)10-14-22)16-26-21-11-7-19(24-2)8-12-21/h4-15,23H,16H2,1-3H3. The van der Waals surface area contributed by atoms with Gasteiger partial charge in [0.15, 0.2) is 0 Å². The fourth-order valence-corrected chi connectivity index (χ4v) is 4.98. The highest BCUT2D eigenvalue weighted by molar-refractivity contribution is 8.03. The van der Waals surface area contributed by atoms with Crippen LogP contribution >= 0.6 is 23.5 Å². The molecule has 0 aliphatic heterocycles. The molecule has 2 nitrogen and oxygen atoms in total. The molecular weight excluding hydrogens is 372 g/mol. The third-order valence-corrected chi connectivity index (χ3v) is 6.80. The van der Waals surface area contributed by atoms with E-state index in [1.54, 1.807) is 14.2 Å². The maximum Gasteiger partial charge on any atom is 0.118 e. The van der Waals surface area contributed by atoms with Crippen LogP contribution in [0.25, 0.3) is 0 Å². The van der Waals surface area contributed by atoms with E-state index >= 15 is 0 Å². The van der Waals surface area contributed by atoms with Gasteiger partial charge in [-0.25, -0.2) is 0 Å². The lowest BCUT2D eigenvalue weighted by Crippen LogP contribution is -1.98. The molecule has 0 saturated heterocycles. The van der Waals surface area contributed by atoms with Gasteiger partial charge < -0.3 is 9.47 Å². The Morgan fingerprint density at radius 3 is 1.93 bits per heavy atom. The molecule has 0 radical (unpaired) electrons. The molecule has 3 aromatic carbocycles. The molecule has 0 bridgehead atoms. The van der Waals surface area contributed by atoms with Crippen molar-refractivity contribution in [1.82, 2.24) is 0 Å². The van der Waals surface area contributed by atoms with E-state index in [0.29, 0.717) is 5.25 Å². The lowest BCUT2D eigenvalue weighted by atomic mass is 10.1. The van der Waals surface area contributed by atoms with Crippen LogP contribution in [0.4, 0.5) is 0 Å². The van der Waals surface area contributed by atoms with Crippen molar-refractivity contribution in [2.24, 2.45) is 0 Å². The average Bonchev–Trinajstić information content (AvgIpc) is 2.72. The van der Waals surface area contributed by atoms with E-state index in [1.807, 2.05) is 47.8 Å². The van der Waals surface area contributed by atoms with Gasteiger partial charge in [-0.3, -0.25) is 0 Å². The molecule has 1 atom stereocenters. The molecule has 0 N–H and O–H groups in total. The second-order valence-electron chi connectivity index (χ2n) is 6.18. The molecule has 3 aromatic rings. The van der Waals surface area contributed by atoms with Crippen LogP contribution in [0.2, 0.25) is 0 Å². The van der Waals surface area contributed by atoms with Gasteiger partial charge in [0.2, 0.25) is 0 Å². The van der Waals surface area contributed by atoms with E-state index in [0.717, 1.165) is 17.3 Å². The van der Waals surface area contributed by atoms with Gasteiger partial charge in [0.05, 0.1) is 14.2 Å². The molecule has 0 spiro atoms. The molecule has 4 heteroatoms. The first-order valence-corrected chi connectivity index (χ1v) is 10.7. The van der Waals surface area contributed by atoms with Gasteiger partial charge in [-0.1, -0.05) is 29.8 Å². The highest BCUT2D eigenvalue weighted by atomic mass is 32.2. The van der Waals surface area contributed by atoms with Crippen LogP contribution in [-0.4, -0.2) is 20.0 Å². The fraction of sp³-hybridized carbons (Fsp3) is 0.217. The second kappa shape index (κ2) is 9.77. The summed E-state index contributed by atoms with van der Waals surface area (Å²) in [4.78, 5) is 2.50. The van der Waals surface area contributed by atoms with Crippen LogP contribution < -0.4 is 9.47 Å². The van der Waals surface area contributed by atoms with E-state index in [9.17, 15) is 0 Å². The summed E-state index contributed by atoms with van der Waals surface area (Å²) in [5.74, 6) is 2.77. The van der Waals surface area contributed by atoms with Gasteiger partial charge in [-0.15, -0.1) is 23.5 Å². The van der Waals surface area contributed by atoms with Crippen molar-refractivity contribution in [2.45, 2.75) is 22.0 Å². The number of thioether (sulfide) groups is 2. The van der Waals surface area contributed by atoms with Crippen LogP contribution in [0.3, 0.4) is 0 Å². The number of rotatable bonds is 8. The van der Waals surface area contributed by atoms with Gasteiger partial charge in [-0.2, -0.15) is 0 Å². The fourth-order valence-electron chi connectivity index (χ4n) is 2.73. The number of benzene rings is 3. The average molecular weight is 397 g/mol. The third kappa shape index (κ3) is 5.72. The first kappa shape index (κ1) is 19.7. The number of hydrogen-bond acceptors (Lipinski definition) is 4. The zero-order chi connectivity index (χ0) is 19.1. The Morgan fingerprint density at radius 1 is 0.778 bits per heavy atom. The van der Waals surface area contributed by atoms with Crippen molar-refractivity contribution in [3.05, 3.63) is 83.9 Å². The summed E-state index contributed by atoms with van der Waals surface area (Å²) in [7, 11) is 3.39. The maximum absolute atomic E-state index is 5.28. The number of hydrogen-bond donors (Lipinski definition) is 0. The number of methoxy groups -OCH3 is 2. The van der Waals surface area contributed by atoms with Gasteiger partial charge in [-0.05, 0) is 61.0 Å². The minimum atomic E-state index is 0.366. The first-order chi connectivity index (χ1) is 13.2. The summed E-state index contributed by atoms with van der Waals surface area (Å²) >= 11 is 3.77. The van der Waals surface area contributed by atoms with Crippen LogP contribution in [0.5, 0.6) is 11.5 Å². The molecule has 0 saturated carbocycles. The number of aryl methyl sites for hydroxylation is 1. The van der Waals surface area contributed by atoms with Crippen LogP contribution in [0.15, 0.2) is 82.6 Å². The zero-order valence-electron chi connectivity index (χ0n) is 15.8. The van der Waals surface area contributed by atoms with E-state index in [1.165, 1.54) is 20.9 Å². The predicted octanol–water partition coefficient (Wildman–Crippen LogP) is 6.64. The molecule has 0 fully saturated rings. The van der Waals surface area contributed by atoms with Crippen molar-refractivity contribution in [3.63, 3.8) is 0 Å². The summed E-state index contributed by atoms with van der Waals surface area (Å²) in [6, 6.07) is 25.4. The normalized spacial score (nSPS) is 11.8. The molecule has 3 rings (SSSR count). The second-order valence-corrected chi connectivity index (χ2v) is 8.55. The maximum atomic E-state index is 5.28. The van der Waals surface area contributed by atoms with E-state index in [4.69, 9.17) is 9.47 Å². The topological polar surface area (TPSA) is 18.5 Å². The highest BCUT2D eigenvalue weighted by Gasteiger charge is 2.14. The van der Waals surface area contributed by atoms with Gasteiger partial charge in [0.1, 0.15) is 11.5 Å². The lowest BCUT2D eigenvalue weighted by Gasteiger charge is -2.18. The Labute approximate surface area is 170 Å². The highest BCUT2D eigenvalue weighted by Crippen LogP contribution is 2.40. The smallest absolute Gasteiger partial charge is 0.118 e. The Hall–Kier alpha value is -2.04. The van der Waals surface area contributed by atoms with Crippen molar-refractivity contribution in [1.29, 1.82) is 0 Å². The Kier molecular flexibility index (Phi) is 7.13. The van der Waals surface area contributed by atoms with Crippen LogP contribution in [0.1, 0.15) is 16.4 Å². The Balaban J connectivity index is 1.76. The summed E-state index contributed by atoms with van der Waals surface area (Å²) in [6.45, 7) is 2.15.